The van der Waals surface area contributed by atoms with Gasteiger partial charge in [0.2, 0.25) is 5.60 Å². The molecular weight excluding hydrogens is 162 g/mol. The van der Waals surface area contributed by atoms with Crippen LogP contribution in [0.5, 0.6) is 0 Å². The lowest BCUT2D eigenvalue weighted by atomic mass is 9.97. The predicted octanol–water partition coefficient (Wildman–Crippen LogP) is 0.0533. The van der Waals surface area contributed by atoms with Crippen LogP contribution in [0, 0.1) is 10.1 Å². The van der Waals surface area contributed by atoms with E-state index in [0.29, 0.717) is 6.29 Å². The second kappa shape index (κ2) is 1.81. The van der Waals surface area contributed by atoms with Gasteiger partial charge in [-0.15, -0.1) is 0 Å². The van der Waals surface area contributed by atoms with Crippen molar-refractivity contribution in [3.8, 4) is 0 Å². The van der Waals surface area contributed by atoms with Crippen LogP contribution in [0.2, 0.25) is 0 Å². The van der Waals surface area contributed by atoms with Crippen molar-refractivity contribution in [2.45, 2.75) is 11.3 Å². The monoisotopic (exact) mass is 167 g/mol. The molecule has 1 saturated heterocycles. The lowest BCUT2D eigenvalue weighted by Crippen LogP contribution is -2.32. The maximum Gasteiger partial charge on any atom is 0.386 e. The number of fused-ring (bicyclic) bond motifs is 1. The molecule has 2 atom stereocenters. The lowest BCUT2D eigenvalue weighted by Gasteiger charge is -2.02. The van der Waals surface area contributed by atoms with E-state index in [4.69, 9.17) is 4.74 Å². The van der Waals surface area contributed by atoms with Crippen LogP contribution in [0.4, 0.5) is 0 Å². The first-order chi connectivity index (χ1) is 5.67. The number of ether oxygens (including phenoxy) is 1. The summed E-state index contributed by atoms with van der Waals surface area (Å²) in [6, 6.07) is 0. The van der Waals surface area contributed by atoms with Gasteiger partial charge < -0.3 is 0 Å². The van der Waals surface area contributed by atoms with Crippen molar-refractivity contribution in [1.82, 2.24) is 0 Å². The van der Waals surface area contributed by atoms with Crippen molar-refractivity contribution < 1.29 is 14.5 Å². The van der Waals surface area contributed by atoms with Crippen molar-refractivity contribution in [1.29, 1.82) is 0 Å². The number of epoxide rings is 1. The molecule has 1 aliphatic carbocycles. The molecule has 1 fully saturated rings. The van der Waals surface area contributed by atoms with E-state index >= 15 is 0 Å². The van der Waals surface area contributed by atoms with Crippen LogP contribution < -0.4 is 0 Å². The molecule has 0 aromatic carbocycles. The maximum absolute atomic E-state index is 10.5. The molecule has 1 heterocycles. The number of carbonyl (C=O) groups excluding carboxylic acids is 1. The molecule has 0 amide bonds. The van der Waals surface area contributed by atoms with Gasteiger partial charge in [0.15, 0.2) is 6.29 Å². The van der Waals surface area contributed by atoms with Crippen LogP contribution in [0.1, 0.15) is 0 Å². The molecule has 0 N–H and O–H groups in total. The Balaban J connectivity index is 2.44. The van der Waals surface area contributed by atoms with Gasteiger partial charge in [0.05, 0.1) is 4.92 Å². The number of nitro groups is 1. The summed E-state index contributed by atoms with van der Waals surface area (Å²) in [5.41, 5.74) is -2.96. The fraction of sp³-hybridized carbons (Fsp3) is 0.286. The van der Waals surface area contributed by atoms with Gasteiger partial charge in [-0.2, -0.15) is 0 Å². The molecular formula is C7H5NO4. The number of hydrogen-bond acceptors (Lipinski definition) is 4. The third-order valence-corrected chi connectivity index (χ3v) is 2.07. The Bertz CT molecular complexity index is 321. The quantitative estimate of drug-likeness (QED) is 0.252. The minimum absolute atomic E-state index is 0.454. The SMILES string of the molecule is O=CC12C=CC=CC1([N+](=O)[O-])O2. The van der Waals surface area contributed by atoms with Crippen molar-refractivity contribution in [2.24, 2.45) is 0 Å². The normalized spacial score (nSPS) is 42.0. The van der Waals surface area contributed by atoms with Crippen molar-refractivity contribution in [3.63, 3.8) is 0 Å². The summed E-state index contributed by atoms with van der Waals surface area (Å²) >= 11 is 0. The summed E-state index contributed by atoms with van der Waals surface area (Å²) in [5.74, 6) is 0. The zero-order chi connectivity index (χ0) is 8.82. The van der Waals surface area contributed by atoms with E-state index in [-0.39, 0.29) is 0 Å². The van der Waals surface area contributed by atoms with Gasteiger partial charge in [-0.3, -0.25) is 19.6 Å². The van der Waals surface area contributed by atoms with E-state index in [9.17, 15) is 14.9 Å². The van der Waals surface area contributed by atoms with Crippen molar-refractivity contribution in [3.05, 3.63) is 34.4 Å². The third-order valence-electron chi connectivity index (χ3n) is 2.07. The van der Waals surface area contributed by atoms with E-state index in [1.807, 2.05) is 0 Å². The molecule has 1 aliphatic heterocycles. The molecule has 0 bridgehead atoms. The predicted molar refractivity (Wildman–Crippen MR) is 37.9 cm³/mol. The second-order valence-electron chi connectivity index (χ2n) is 2.68. The number of nitrogens with zero attached hydrogens (tertiary/aromatic N) is 1. The van der Waals surface area contributed by atoms with Gasteiger partial charge in [0.25, 0.3) is 0 Å². The summed E-state index contributed by atoms with van der Waals surface area (Å²) in [6.45, 7) is 0. The Hall–Kier alpha value is -1.49. The number of carbonyl (C=O) groups is 1. The van der Waals surface area contributed by atoms with E-state index in [0.717, 1.165) is 0 Å². The highest BCUT2D eigenvalue weighted by molar-refractivity contribution is 5.75. The minimum atomic E-state index is -1.62. The van der Waals surface area contributed by atoms with Crippen LogP contribution in [-0.2, 0) is 9.53 Å². The third kappa shape index (κ3) is 0.551. The van der Waals surface area contributed by atoms with Crippen molar-refractivity contribution >= 4 is 6.29 Å². The fourth-order valence-electron chi connectivity index (χ4n) is 1.32. The second-order valence-corrected chi connectivity index (χ2v) is 2.68. The Morgan fingerprint density at radius 2 is 2.08 bits per heavy atom. The van der Waals surface area contributed by atoms with Gasteiger partial charge in [-0.25, -0.2) is 0 Å². The molecule has 5 heteroatoms. The van der Waals surface area contributed by atoms with Crippen LogP contribution in [-0.4, -0.2) is 22.5 Å². The zero-order valence-corrected chi connectivity index (χ0v) is 5.97. The molecule has 62 valence electrons. The van der Waals surface area contributed by atoms with E-state index < -0.39 is 16.2 Å². The fourth-order valence-corrected chi connectivity index (χ4v) is 1.32. The van der Waals surface area contributed by atoms with Crippen molar-refractivity contribution in [2.75, 3.05) is 0 Å². The van der Waals surface area contributed by atoms with E-state index in [1.165, 1.54) is 18.2 Å². The van der Waals surface area contributed by atoms with Crippen LogP contribution >= 0.6 is 0 Å². The highest BCUT2D eigenvalue weighted by Crippen LogP contribution is 2.50. The van der Waals surface area contributed by atoms with Crippen LogP contribution in [0.3, 0.4) is 0 Å². The first-order valence-electron chi connectivity index (χ1n) is 3.35. The first kappa shape index (κ1) is 7.17. The lowest BCUT2D eigenvalue weighted by molar-refractivity contribution is -0.548. The molecule has 5 nitrogen and oxygen atoms in total. The first-order valence-corrected chi connectivity index (χ1v) is 3.35. The summed E-state index contributed by atoms with van der Waals surface area (Å²) in [6.07, 6.45) is 6.18. The van der Waals surface area contributed by atoms with Gasteiger partial charge in [0.1, 0.15) is 0 Å². The molecule has 12 heavy (non-hydrogen) atoms. The average Bonchev–Trinajstić information content (AvgIpc) is 2.75. The highest BCUT2D eigenvalue weighted by atomic mass is 16.8. The maximum atomic E-state index is 10.5. The standard InChI is InChI=1S/C7H5NO4/c9-5-6-3-1-2-4-7(6,12-6)8(10)11/h1-5H. The van der Waals surface area contributed by atoms with Gasteiger partial charge in [-0.1, -0.05) is 12.2 Å². The summed E-state index contributed by atoms with van der Waals surface area (Å²) in [4.78, 5) is 20.4. The van der Waals surface area contributed by atoms with Gasteiger partial charge >= 0.3 is 5.72 Å². The highest BCUT2D eigenvalue weighted by Gasteiger charge is 2.80. The molecule has 0 spiro atoms. The molecule has 0 aromatic rings. The minimum Gasteiger partial charge on any atom is -0.299 e. The summed E-state index contributed by atoms with van der Waals surface area (Å²) < 4.78 is 4.82. The Morgan fingerprint density at radius 3 is 2.58 bits per heavy atom. The van der Waals surface area contributed by atoms with Gasteiger partial charge in [-0.05, 0) is 6.08 Å². The largest absolute Gasteiger partial charge is 0.386 e. The van der Waals surface area contributed by atoms with Gasteiger partial charge in [0, 0.05) is 6.08 Å². The molecule has 2 aliphatic rings. The Morgan fingerprint density at radius 1 is 1.42 bits per heavy atom. The number of rotatable bonds is 2. The number of aldehydes is 1. The van der Waals surface area contributed by atoms with Crippen LogP contribution in [0.15, 0.2) is 24.3 Å². The molecule has 0 saturated carbocycles. The molecule has 2 unspecified atom stereocenters. The molecule has 0 aromatic heterocycles. The number of hydrogen-bond donors (Lipinski definition) is 0. The summed E-state index contributed by atoms with van der Waals surface area (Å²) in [5, 5.41) is 10.5. The average molecular weight is 167 g/mol. The zero-order valence-electron chi connectivity index (χ0n) is 5.97. The van der Waals surface area contributed by atoms with E-state index in [1.54, 1.807) is 6.08 Å². The smallest absolute Gasteiger partial charge is 0.299 e. The molecule has 2 rings (SSSR count). The Labute approximate surface area is 67.5 Å². The molecule has 0 radical (unpaired) electrons. The Kier molecular flexibility index (Phi) is 1.08. The summed E-state index contributed by atoms with van der Waals surface area (Å²) in [7, 11) is 0. The number of allylic oxidation sites excluding steroid dienone is 2. The van der Waals surface area contributed by atoms with E-state index in [2.05, 4.69) is 0 Å². The van der Waals surface area contributed by atoms with Crippen LogP contribution in [0.25, 0.3) is 0 Å². The topological polar surface area (TPSA) is 72.7 Å².